The SMILES string of the molecule is CC[C@H](C)[C@H](NC(=O)[C@H](CC(C)C)NC(=O)[C@H](CC(=O)O)NC(=O)[C@H](CCCCN)NC(=O)[C@H](CC(N)=O)NC(=O)[C@H](CO)NC(=O)[C@@H](N)CC(C)C)C(=O)N[C@@H](CC(N)=O)C(=O)N[C@@H](Cc1ccc(O)cc1)C(=O)O. The highest BCUT2D eigenvalue weighted by atomic mass is 16.4. The van der Waals surface area contributed by atoms with E-state index >= 15 is 0 Å². The number of unbranched alkanes of at least 4 members (excludes halogenated alkanes) is 1. The van der Waals surface area contributed by atoms with Crippen LogP contribution >= 0.6 is 0 Å². The Bertz CT molecular complexity index is 2180. The van der Waals surface area contributed by atoms with Crippen LogP contribution in [0.4, 0.5) is 0 Å². The number of hydrogen-bond acceptors (Lipinski definition) is 16. The Morgan fingerprint density at radius 3 is 1.39 bits per heavy atom. The molecule has 20 N–H and O–H groups in total. The Kier molecular flexibility index (Phi) is 29.3. The third-order valence-electron chi connectivity index (χ3n) is 11.7. The van der Waals surface area contributed by atoms with E-state index in [-0.39, 0.29) is 62.7 Å². The molecule has 76 heavy (non-hydrogen) atoms. The maximum absolute atomic E-state index is 14.1. The van der Waals surface area contributed by atoms with Gasteiger partial charge in [-0.25, -0.2) is 4.79 Å². The summed E-state index contributed by atoms with van der Waals surface area (Å²) >= 11 is 0. The van der Waals surface area contributed by atoms with Crippen LogP contribution in [0.3, 0.4) is 0 Å². The number of primary amides is 2. The molecule has 10 amide bonds. The molecule has 0 spiro atoms. The number of hydrogen-bond donors (Lipinski definition) is 16. The first-order valence-corrected chi connectivity index (χ1v) is 24.8. The van der Waals surface area contributed by atoms with Gasteiger partial charge in [0, 0.05) is 6.42 Å². The van der Waals surface area contributed by atoms with Crippen LogP contribution < -0.4 is 65.5 Å². The number of nitrogens with two attached hydrogens (primary N) is 4. The molecule has 0 aliphatic carbocycles. The molecule has 0 aliphatic rings. The zero-order chi connectivity index (χ0) is 58.0. The molecule has 0 fully saturated rings. The monoisotopic (exact) mass is 1080 g/mol. The lowest BCUT2D eigenvalue weighted by molar-refractivity contribution is -0.143. The lowest BCUT2D eigenvalue weighted by atomic mass is 9.96. The van der Waals surface area contributed by atoms with Crippen molar-refractivity contribution in [2.24, 2.45) is 40.7 Å². The molecule has 0 aromatic heterocycles. The topological polar surface area (TPSA) is 486 Å². The smallest absolute Gasteiger partial charge is 0.326 e. The van der Waals surface area contributed by atoms with Crippen molar-refractivity contribution in [1.29, 1.82) is 0 Å². The second kappa shape index (κ2) is 33.5. The van der Waals surface area contributed by atoms with Gasteiger partial charge < -0.3 is 85.9 Å². The average Bonchev–Trinajstić information content (AvgIpc) is 3.32. The minimum Gasteiger partial charge on any atom is -0.508 e. The van der Waals surface area contributed by atoms with E-state index in [0.717, 1.165) is 0 Å². The number of amides is 10. The Balaban J connectivity index is 3.46. The van der Waals surface area contributed by atoms with E-state index in [2.05, 4.69) is 42.5 Å². The first kappa shape index (κ1) is 66.6. The number of phenolic OH excluding ortho intramolecular Hbond substituents is 1. The van der Waals surface area contributed by atoms with Crippen molar-refractivity contribution in [2.45, 2.75) is 160 Å². The van der Waals surface area contributed by atoms with Crippen LogP contribution in [-0.4, -0.2) is 159 Å². The van der Waals surface area contributed by atoms with Crippen LogP contribution in [0.2, 0.25) is 0 Å². The molecule has 0 radical (unpaired) electrons. The summed E-state index contributed by atoms with van der Waals surface area (Å²) in [5.41, 5.74) is 22.7. The van der Waals surface area contributed by atoms with Crippen LogP contribution in [0.5, 0.6) is 5.75 Å². The molecule has 1 aromatic rings. The normalized spacial score (nSPS) is 15.1. The van der Waals surface area contributed by atoms with E-state index in [1.54, 1.807) is 41.5 Å². The minimum atomic E-state index is -1.93. The van der Waals surface area contributed by atoms with Gasteiger partial charge in [-0.15, -0.1) is 0 Å². The fourth-order valence-electron chi connectivity index (χ4n) is 7.40. The van der Waals surface area contributed by atoms with Gasteiger partial charge in [-0.2, -0.15) is 0 Å². The highest BCUT2D eigenvalue weighted by molar-refractivity contribution is 6.00. The van der Waals surface area contributed by atoms with Gasteiger partial charge in [0.1, 0.15) is 54.1 Å². The summed E-state index contributed by atoms with van der Waals surface area (Å²) < 4.78 is 0. The van der Waals surface area contributed by atoms with Crippen molar-refractivity contribution in [3.8, 4) is 5.75 Å². The van der Waals surface area contributed by atoms with Crippen molar-refractivity contribution in [3.05, 3.63) is 29.8 Å². The van der Waals surface area contributed by atoms with Crippen molar-refractivity contribution < 1.29 is 78.0 Å². The molecule has 426 valence electrons. The largest absolute Gasteiger partial charge is 0.508 e. The van der Waals surface area contributed by atoms with Gasteiger partial charge in [0.25, 0.3) is 0 Å². The maximum Gasteiger partial charge on any atom is 0.326 e. The number of aliphatic carboxylic acids is 2. The first-order chi connectivity index (χ1) is 35.5. The van der Waals surface area contributed by atoms with Crippen molar-refractivity contribution >= 4 is 71.0 Å². The minimum absolute atomic E-state index is 0.00389. The summed E-state index contributed by atoms with van der Waals surface area (Å²) in [6.07, 6.45) is -2.32. The molecule has 0 bridgehead atoms. The van der Waals surface area contributed by atoms with E-state index in [0.29, 0.717) is 12.0 Å². The van der Waals surface area contributed by atoms with Crippen molar-refractivity contribution in [2.75, 3.05) is 13.2 Å². The summed E-state index contributed by atoms with van der Waals surface area (Å²) in [6, 6.07) is -8.85. The molecule has 0 unspecified atom stereocenters. The van der Waals surface area contributed by atoms with Crippen molar-refractivity contribution in [3.63, 3.8) is 0 Å². The Hall–Kier alpha value is -7.46. The number of phenols is 1. The molecule has 0 saturated heterocycles. The maximum atomic E-state index is 14.1. The number of rotatable bonds is 36. The van der Waals surface area contributed by atoms with Crippen LogP contribution in [-0.2, 0) is 64.0 Å². The van der Waals surface area contributed by atoms with E-state index in [4.69, 9.17) is 22.9 Å². The average molecular weight is 1080 g/mol. The second-order valence-electron chi connectivity index (χ2n) is 19.3. The third kappa shape index (κ3) is 24.7. The Labute approximate surface area is 440 Å². The number of aliphatic hydroxyl groups excluding tert-OH is 1. The Morgan fingerprint density at radius 2 is 0.947 bits per heavy atom. The first-order valence-electron chi connectivity index (χ1n) is 24.8. The fourth-order valence-corrected chi connectivity index (χ4v) is 7.40. The van der Waals surface area contributed by atoms with E-state index in [1.165, 1.54) is 24.3 Å². The molecular weight excluding hydrogens is 1000 g/mol. The number of aliphatic hydroxyl groups is 1. The summed E-state index contributed by atoms with van der Waals surface area (Å²) in [6.45, 7) is 9.36. The van der Waals surface area contributed by atoms with Crippen molar-refractivity contribution in [1.82, 2.24) is 42.5 Å². The molecule has 0 aliphatic heterocycles. The number of carbonyl (C=O) groups is 12. The lowest BCUT2D eigenvalue weighted by Gasteiger charge is -2.30. The summed E-state index contributed by atoms with van der Waals surface area (Å²) in [5, 5.41) is 57.9. The molecule has 28 nitrogen and oxygen atoms in total. The van der Waals surface area contributed by atoms with Gasteiger partial charge in [0.15, 0.2) is 0 Å². The number of benzene rings is 1. The van der Waals surface area contributed by atoms with Crippen LogP contribution in [0.15, 0.2) is 24.3 Å². The van der Waals surface area contributed by atoms with Gasteiger partial charge in [0.05, 0.1) is 31.9 Å². The van der Waals surface area contributed by atoms with Gasteiger partial charge in [-0.3, -0.25) is 52.7 Å². The summed E-state index contributed by atoms with van der Waals surface area (Å²) in [4.78, 5) is 157. The van der Waals surface area contributed by atoms with E-state index in [9.17, 15) is 78.0 Å². The van der Waals surface area contributed by atoms with Crippen LogP contribution in [0, 0.1) is 17.8 Å². The molecule has 0 heterocycles. The number of carboxylic acids is 2. The van der Waals surface area contributed by atoms with Gasteiger partial charge in [-0.1, -0.05) is 60.1 Å². The van der Waals surface area contributed by atoms with Gasteiger partial charge in [0.2, 0.25) is 59.1 Å². The summed E-state index contributed by atoms with van der Waals surface area (Å²) in [5.74, 6) is -14.9. The zero-order valence-corrected chi connectivity index (χ0v) is 43.7. The number of aromatic hydroxyl groups is 1. The molecular formula is C48H78N12O16. The van der Waals surface area contributed by atoms with Crippen LogP contribution in [0.25, 0.3) is 0 Å². The molecule has 1 rings (SSSR count). The fraction of sp³-hybridized carbons (Fsp3) is 0.625. The Morgan fingerprint density at radius 1 is 0.526 bits per heavy atom. The predicted molar refractivity (Wildman–Crippen MR) is 271 cm³/mol. The number of nitrogens with one attached hydrogen (secondary N) is 8. The second-order valence-corrected chi connectivity index (χ2v) is 19.3. The van der Waals surface area contributed by atoms with E-state index < -0.39 is 157 Å². The predicted octanol–water partition coefficient (Wildman–Crippen LogP) is -4.29. The number of carboxylic acid groups (broad SMARTS) is 2. The lowest BCUT2D eigenvalue weighted by Crippen LogP contribution is -2.61. The number of carbonyl (C=O) groups excluding carboxylic acids is 10. The standard InChI is InChI=1S/C48H78N12O16/c1-7-25(6)39(47(74)57-32(20-37(52)64)43(70)58-34(48(75)76)18-26-11-13-27(62)14-12-26)60-45(72)30(17-24(4)5)54-44(71)33(21-38(65)66)56-41(68)29(10-8-9-15-49)53-42(69)31(19-36(51)63)55-46(73)35(22-61)59-40(67)28(50)16-23(2)3/h11-14,23-25,28-35,39,61-62H,7-10,15-22,49-50H2,1-6H3,(H2,51,63)(H2,52,64)(H,53,69)(H,54,71)(H,55,73)(H,56,68)(H,57,74)(H,58,70)(H,59,67)(H,60,72)(H,65,66)(H,75,76)/t25-,28-,29-,30-,31-,32-,33-,34-,35-,39-/m0/s1. The van der Waals surface area contributed by atoms with Gasteiger partial charge >= 0.3 is 11.9 Å². The molecule has 10 atom stereocenters. The summed E-state index contributed by atoms with van der Waals surface area (Å²) in [7, 11) is 0. The van der Waals surface area contributed by atoms with Crippen LogP contribution in [0.1, 0.15) is 105 Å². The molecule has 28 heteroatoms. The quantitative estimate of drug-likeness (QED) is 0.0283. The highest BCUT2D eigenvalue weighted by Gasteiger charge is 2.37. The third-order valence-corrected chi connectivity index (χ3v) is 11.7. The molecule has 1 aromatic carbocycles. The zero-order valence-electron chi connectivity index (χ0n) is 43.7. The van der Waals surface area contributed by atoms with E-state index in [1.807, 2.05) is 0 Å². The highest BCUT2D eigenvalue weighted by Crippen LogP contribution is 2.15. The molecule has 0 saturated carbocycles. The van der Waals surface area contributed by atoms with Gasteiger partial charge in [-0.05, 0) is 74.1 Å².